The van der Waals surface area contributed by atoms with E-state index in [4.69, 9.17) is 0 Å². The van der Waals surface area contributed by atoms with Crippen LogP contribution in [-0.2, 0) is 16.0 Å². The van der Waals surface area contributed by atoms with Gasteiger partial charge in [-0.2, -0.15) is 0 Å². The maximum atomic E-state index is 13.0. The fourth-order valence-corrected chi connectivity index (χ4v) is 4.82. The highest BCUT2D eigenvalue weighted by Gasteiger charge is 2.41. The van der Waals surface area contributed by atoms with E-state index < -0.39 is 12.1 Å². The predicted molar refractivity (Wildman–Crippen MR) is 129 cm³/mol. The molecular formula is C26H34N2O3S. The molecule has 1 N–H and O–H groups in total. The molecule has 2 aromatic rings. The molecule has 0 spiro atoms. The molecule has 1 aliphatic heterocycles. The van der Waals surface area contributed by atoms with Crippen molar-refractivity contribution in [1.82, 2.24) is 9.88 Å². The SMILES string of the molecule is C/C(=C/C(=O)C1C[C@@H](O)CN1C(=O)C(C)C(C)(C)C)Cc1ccc(-c2scnc2C)cc1. The van der Waals surface area contributed by atoms with Crippen LogP contribution in [-0.4, -0.2) is 45.4 Å². The van der Waals surface area contributed by atoms with Gasteiger partial charge in [-0.15, -0.1) is 11.3 Å². The zero-order valence-corrected chi connectivity index (χ0v) is 20.7. The lowest BCUT2D eigenvalue weighted by molar-refractivity contribution is -0.142. The highest BCUT2D eigenvalue weighted by molar-refractivity contribution is 7.13. The van der Waals surface area contributed by atoms with Crippen LogP contribution in [0.3, 0.4) is 0 Å². The van der Waals surface area contributed by atoms with Crippen molar-refractivity contribution in [2.24, 2.45) is 11.3 Å². The van der Waals surface area contributed by atoms with E-state index in [1.807, 2.05) is 47.1 Å². The van der Waals surface area contributed by atoms with Crippen LogP contribution in [0.2, 0.25) is 0 Å². The van der Waals surface area contributed by atoms with Crippen molar-refractivity contribution < 1.29 is 14.7 Å². The van der Waals surface area contributed by atoms with Crippen LogP contribution in [0.4, 0.5) is 0 Å². The molecule has 5 nitrogen and oxygen atoms in total. The van der Waals surface area contributed by atoms with Crippen molar-refractivity contribution in [3.05, 3.63) is 52.7 Å². The third-order valence-electron chi connectivity index (χ3n) is 6.39. The van der Waals surface area contributed by atoms with Gasteiger partial charge in [0, 0.05) is 18.9 Å². The van der Waals surface area contributed by atoms with E-state index in [1.165, 1.54) is 4.88 Å². The molecule has 6 heteroatoms. The topological polar surface area (TPSA) is 70.5 Å². The van der Waals surface area contributed by atoms with Crippen LogP contribution in [0.15, 0.2) is 41.4 Å². The minimum absolute atomic E-state index is 0.0626. The number of aromatic nitrogens is 1. The van der Waals surface area contributed by atoms with E-state index in [9.17, 15) is 14.7 Å². The molecule has 2 unspecified atom stereocenters. The number of benzene rings is 1. The predicted octanol–water partition coefficient (Wildman–Crippen LogP) is 4.82. The summed E-state index contributed by atoms with van der Waals surface area (Å²) in [5.41, 5.74) is 5.89. The first-order valence-corrected chi connectivity index (χ1v) is 12.0. The molecule has 1 amide bonds. The molecule has 1 aromatic carbocycles. The minimum Gasteiger partial charge on any atom is -0.391 e. The maximum Gasteiger partial charge on any atom is 0.226 e. The van der Waals surface area contributed by atoms with Crippen LogP contribution < -0.4 is 0 Å². The van der Waals surface area contributed by atoms with Crippen molar-refractivity contribution in [3.8, 4) is 10.4 Å². The Hall–Kier alpha value is -2.31. The van der Waals surface area contributed by atoms with Gasteiger partial charge in [0.2, 0.25) is 5.91 Å². The van der Waals surface area contributed by atoms with E-state index >= 15 is 0 Å². The molecule has 0 saturated carbocycles. The van der Waals surface area contributed by atoms with Crippen LogP contribution in [0.5, 0.6) is 0 Å². The van der Waals surface area contributed by atoms with Crippen LogP contribution in [0.1, 0.15) is 52.3 Å². The summed E-state index contributed by atoms with van der Waals surface area (Å²) in [6.45, 7) is 12.1. The van der Waals surface area contributed by atoms with Gasteiger partial charge in [-0.1, -0.05) is 57.5 Å². The van der Waals surface area contributed by atoms with Crippen LogP contribution in [0.25, 0.3) is 10.4 Å². The highest BCUT2D eigenvalue weighted by Crippen LogP contribution is 2.31. The highest BCUT2D eigenvalue weighted by atomic mass is 32.1. The normalized spacial score (nSPS) is 20.5. The second-order valence-electron chi connectivity index (χ2n) is 10.0. The summed E-state index contributed by atoms with van der Waals surface area (Å²) in [5.74, 6) is -0.397. The Balaban J connectivity index is 1.69. The largest absolute Gasteiger partial charge is 0.391 e. The van der Waals surface area contributed by atoms with Crippen molar-refractivity contribution in [1.29, 1.82) is 0 Å². The standard InChI is InChI=1S/C26H34N2O3S/c1-16(11-19-7-9-20(10-8-19)24-18(3)27-15-32-24)12-23(30)22-13-21(29)14-28(22)25(31)17(2)26(4,5)6/h7-10,12,15,17,21-22,29H,11,13-14H2,1-6H3/b16-12-/t17?,21-,22?/m1/s1. The number of amides is 1. The number of nitrogens with zero attached hydrogens (tertiary/aromatic N) is 2. The molecule has 172 valence electrons. The average Bonchev–Trinajstić information content (AvgIpc) is 3.32. The summed E-state index contributed by atoms with van der Waals surface area (Å²) in [6, 6.07) is 7.75. The molecule has 1 aliphatic rings. The third kappa shape index (κ3) is 5.54. The number of carbonyl (C=O) groups excluding carboxylic acids is 2. The maximum absolute atomic E-state index is 13.0. The second-order valence-corrected chi connectivity index (χ2v) is 10.9. The lowest BCUT2D eigenvalue weighted by Gasteiger charge is -2.32. The van der Waals surface area contributed by atoms with E-state index in [0.717, 1.165) is 22.4 Å². The molecule has 0 aliphatic carbocycles. The first-order valence-electron chi connectivity index (χ1n) is 11.2. The zero-order valence-electron chi connectivity index (χ0n) is 19.9. The first-order chi connectivity index (χ1) is 15.0. The smallest absolute Gasteiger partial charge is 0.226 e. The molecule has 3 rings (SSSR count). The average molecular weight is 455 g/mol. The molecule has 1 fully saturated rings. The summed E-state index contributed by atoms with van der Waals surface area (Å²) < 4.78 is 0. The number of β-amino-alcohol motifs (C(OH)–C–C–N with tert-alkyl or cyclic N) is 1. The van der Waals surface area contributed by atoms with E-state index in [2.05, 4.69) is 29.2 Å². The van der Waals surface area contributed by atoms with Crippen molar-refractivity contribution >= 4 is 23.0 Å². The minimum atomic E-state index is -0.656. The number of thiazole rings is 1. The number of aliphatic hydroxyl groups is 1. The molecule has 1 aromatic heterocycles. The molecule has 1 saturated heterocycles. The zero-order chi connectivity index (χ0) is 23.6. The number of likely N-dealkylation sites (tertiary alicyclic amines) is 1. The van der Waals surface area contributed by atoms with Gasteiger partial charge in [-0.05, 0) is 42.9 Å². The van der Waals surface area contributed by atoms with E-state index in [1.54, 1.807) is 22.3 Å². The van der Waals surface area contributed by atoms with Gasteiger partial charge >= 0.3 is 0 Å². The number of rotatable bonds is 6. The van der Waals surface area contributed by atoms with Gasteiger partial charge in [0.15, 0.2) is 5.78 Å². The number of allylic oxidation sites excluding steroid dienone is 1. The summed E-state index contributed by atoms with van der Waals surface area (Å²) in [7, 11) is 0. The Kier molecular flexibility index (Phi) is 7.36. The first kappa shape index (κ1) is 24.3. The summed E-state index contributed by atoms with van der Waals surface area (Å²) in [5, 5.41) is 10.2. The van der Waals surface area contributed by atoms with E-state index in [0.29, 0.717) is 12.8 Å². The summed E-state index contributed by atoms with van der Waals surface area (Å²) in [4.78, 5) is 33.1. The Morgan fingerprint density at radius 3 is 2.50 bits per heavy atom. The van der Waals surface area contributed by atoms with Gasteiger partial charge in [0.05, 0.1) is 28.2 Å². The number of hydrogen-bond donors (Lipinski definition) is 1. The van der Waals surface area contributed by atoms with Crippen LogP contribution in [0, 0.1) is 18.3 Å². The Bertz CT molecular complexity index is 1000. The quantitative estimate of drug-likeness (QED) is 0.635. The summed E-state index contributed by atoms with van der Waals surface area (Å²) in [6.07, 6.45) is 1.95. The number of aryl methyl sites for hydroxylation is 1. The fourth-order valence-electron chi connectivity index (χ4n) is 4.01. The molecular weight excluding hydrogens is 420 g/mol. The monoisotopic (exact) mass is 454 g/mol. The Morgan fingerprint density at radius 1 is 1.28 bits per heavy atom. The van der Waals surface area contributed by atoms with E-state index in [-0.39, 0.29) is 29.6 Å². The van der Waals surface area contributed by atoms with Crippen molar-refractivity contribution in [2.45, 2.75) is 66.5 Å². The number of carbonyl (C=O) groups is 2. The lowest BCUT2D eigenvalue weighted by Crippen LogP contribution is -2.45. The lowest BCUT2D eigenvalue weighted by atomic mass is 9.81. The Labute approximate surface area is 195 Å². The van der Waals surface area contributed by atoms with Crippen molar-refractivity contribution in [3.63, 3.8) is 0 Å². The molecule has 0 bridgehead atoms. The molecule has 32 heavy (non-hydrogen) atoms. The van der Waals surface area contributed by atoms with Crippen molar-refractivity contribution in [2.75, 3.05) is 6.54 Å². The van der Waals surface area contributed by atoms with Gasteiger partial charge in [0.1, 0.15) is 0 Å². The number of aliphatic hydroxyl groups excluding tert-OH is 1. The molecule has 0 radical (unpaired) electrons. The van der Waals surface area contributed by atoms with Gasteiger partial charge in [-0.25, -0.2) is 4.98 Å². The number of hydrogen-bond acceptors (Lipinski definition) is 5. The Morgan fingerprint density at radius 2 is 1.94 bits per heavy atom. The molecule has 3 atom stereocenters. The van der Waals surface area contributed by atoms with Gasteiger partial charge in [0.25, 0.3) is 0 Å². The second kappa shape index (κ2) is 9.67. The van der Waals surface area contributed by atoms with Gasteiger partial charge < -0.3 is 10.0 Å². The number of ketones is 1. The molecule has 2 heterocycles. The fraction of sp³-hybridized carbons (Fsp3) is 0.500. The van der Waals surface area contributed by atoms with Crippen LogP contribution >= 0.6 is 11.3 Å². The van der Waals surface area contributed by atoms with Gasteiger partial charge in [-0.3, -0.25) is 9.59 Å². The third-order valence-corrected chi connectivity index (χ3v) is 7.37. The summed E-state index contributed by atoms with van der Waals surface area (Å²) >= 11 is 1.63.